The van der Waals surface area contributed by atoms with Crippen LogP contribution < -0.4 is 19.7 Å². The smallest absolute Gasteiger partial charge is 0.262 e. The van der Waals surface area contributed by atoms with Gasteiger partial charge in [-0.2, -0.15) is 0 Å². The first-order valence-corrected chi connectivity index (χ1v) is 9.93. The summed E-state index contributed by atoms with van der Waals surface area (Å²) >= 11 is 11.9. The largest absolute Gasteiger partial charge is 0.490 e. The number of halogens is 2. The van der Waals surface area contributed by atoms with Crippen molar-refractivity contribution in [3.63, 3.8) is 0 Å². The molecule has 1 heterocycles. The number of hydrogen-bond donors (Lipinski definition) is 1. The average Bonchev–Trinajstić information content (AvgIpc) is 2.76. The van der Waals surface area contributed by atoms with Gasteiger partial charge in [0.05, 0.1) is 16.1 Å². The highest BCUT2D eigenvalue weighted by molar-refractivity contribution is 6.35. The van der Waals surface area contributed by atoms with E-state index in [0.717, 1.165) is 0 Å². The second-order valence-electron chi connectivity index (χ2n) is 7.32. The van der Waals surface area contributed by atoms with Gasteiger partial charge in [-0.15, -0.1) is 0 Å². The van der Waals surface area contributed by atoms with E-state index in [2.05, 4.69) is 5.32 Å². The molecular weight excluding hydrogens is 415 g/mol. The van der Waals surface area contributed by atoms with Crippen molar-refractivity contribution in [1.82, 2.24) is 0 Å². The zero-order valence-corrected chi connectivity index (χ0v) is 17.9. The van der Waals surface area contributed by atoms with Gasteiger partial charge in [0.25, 0.3) is 5.91 Å². The summed E-state index contributed by atoms with van der Waals surface area (Å²) in [5.74, 6) is 0.568. The maximum atomic E-state index is 12.7. The third kappa shape index (κ3) is 4.77. The van der Waals surface area contributed by atoms with Crippen molar-refractivity contribution < 1.29 is 19.1 Å². The summed E-state index contributed by atoms with van der Waals surface area (Å²) in [5.41, 5.74) is 0.595. The van der Waals surface area contributed by atoms with Crippen LogP contribution in [0, 0.1) is 5.41 Å². The standard InChI is InChI=1S/C21H22Cl2N2O4/c1-4-25-16-7-6-14(10-18(16)29-12-21(2,3)20(25)27)24-19(26)11-28-17-8-5-13(22)9-15(17)23/h5-10H,4,11-12H2,1-3H3,(H,24,26). The molecule has 1 aliphatic heterocycles. The third-order valence-corrected chi connectivity index (χ3v) is 5.05. The lowest BCUT2D eigenvalue weighted by Crippen LogP contribution is -2.42. The Labute approximate surface area is 179 Å². The molecular formula is C21H22Cl2N2O4. The number of carbonyl (C=O) groups excluding carboxylic acids is 2. The number of ether oxygens (including phenoxy) is 2. The second kappa shape index (κ2) is 8.51. The van der Waals surface area contributed by atoms with E-state index in [0.29, 0.717) is 39.5 Å². The van der Waals surface area contributed by atoms with E-state index >= 15 is 0 Å². The molecule has 0 aliphatic carbocycles. The van der Waals surface area contributed by atoms with Crippen molar-refractivity contribution in [3.8, 4) is 11.5 Å². The van der Waals surface area contributed by atoms with Crippen molar-refractivity contribution >= 4 is 46.4 Å². The van der Waals surface area contributed by atoms with E-state index in [4.69, 9.17) is 32.7 Å². The van der Waals surface area contributed by atoms with Gasteiger partial charge in [-0.25, -0.2) is 0 Å². The fourth-order valence-electron chi connectivity index (χ4n) is 2.97. The van der Waals surface area contributed by atoms with Gasteiger partial charge in [-0.1, -0.05) is 23.2 Å². The van der Waals surface area contributed by atoms with Crippen LogP contribution in [0.3, 0.4) is 0 Å². The molecule has 2 amide bonds. The molecule has 0 saturated heterocycles. The Morgan fingerprint density at radius 3 is 2.69 bits per heavy atom. The number of fused-ring (bicyclic) bond motifs is 1. The first-order valence-electron chi connectivity index (χ1n) is 9.18. The second-order valence-corrected chi connectivity index (χ2v) is 8.16. The molecule has 8 heteroatoms. The summed E-state index contributed by atoms with van der Waals surface area (Å²) in [7, 11) is 0. The summed E-state index contributed by atoms with van der Waals surface area (Å²) in [5, 5.41) is 3.58. The lowest BCUT2D eigenvalue weighted by molar-refractivity contribution is -0.127. The average molecular weight is 437 g/mol. The minimum Gasteiger partial charge on any atom is -0.490 e. The van der Waals surface area contributed by atoms with Gasteiger partial charge in [0, 0.05) is 23.3 Å². The Morgan fingerprint density at radius 2 is 2.00 bits per heavy atom. The van der Waals surface area contributed by atoms with Crippen LogP contribution in [-0.2, 0) is 9.59 Å². The van der Waals surface area contributed by atoms with Crippen molar-refractivity contribution in [2.45, 2.75) is 20.8 Å². The molecule has 0 spiro atoms. The molecule has 0 aromatic heterocycles. The summed E-state index contributed by atoms with van der Waals surface area (Å²) in [6.45, 7) is 6.19. The predicted octanol–water partition coefficient (Wildman–Crippen LogP) is 4.78. The van der Waals surface area contributed by atoms with Crippen molar-refractivity contribution in [2.75, 3.05) is 30.0 Å². The van der Waals surface area contributed by atoms with Gasteiger partial charge in [0.15, 0.2) is 6.61 Å². The molecule has 1 N–H and O–H groups in total. The Balaban J connectivity index is 1.70. The van der Waals surface area contributed by atoms with Crippen molar-refractivity contribution in [3.05, 3.63) is 46.4 Å². The van der Waals surface area contributed by atoms with Gasteiger partial charge in [-0.3, -0.25) is 9.59 Å². The number of anilines is 2. The van der Waals surface area contributed by atoms with Gasteiger partial charge in [0.2, 0.25) is 5.91 Å². The number of nitrogens with zero attached hydrogens (tertiary/aromatic N) is 1. The number of benzene rings is 2. The molecule has 2 aromatic carbocycles. The molecule has 0 unspecified atom stereocenters. The van der Waals surface area contributed by atoms with Crippen LogP contribution in [0.4, 0.5) is 11.4 Å². The van der Waals surface area contributed by atoms with Gasteiger partial charge >= 0.3 is 0 Å². The van der Waals surface area contributed by atoms with Crippen LogP contribution in [0.15, 0.2) is 36.4 Å². The molecule has 3 rings (SSSR count). The normalized spacial score (nSPS) is 15.2. The highest BCUT2D eigenvalue weighted by Gasteiger charge is 2.37. The van der Waals surface area contributed by atoms with Gasteiger partial charge < -0.3 is 19.7 Å². The summed E-state index contributed by atoms with van der Waals surface area (Å²) in [4.78, 5) is 26.7. The molecule has 1 aliphatic rings. The predicted molar refractivity (Wildman–Crippen MR) is 114 cm³/mol. The fourth-order valence-corrected chi connectivity index (χ4v) is 3.43. The third-order valence-electron chi connectivity index (χ3n) is 4.52. The van der Waals surface area contributed by atoms with Crippen LogP contribution in [-0.4, -0.2) is 31.6 Å². The minimum absolute atomic E-state index is 0.00350. The van der Waals surface area contributed by atoms with E-state index < -0.39 is 5.41 Å². The Hall–Kier alpha value is -2.44. The Kier molecular flexibility index (Phi) is 6.24. The highest BCUT2D eigenvalue weighted by atomic mass is 35.5. The Bertz CT molecular complexity index is 946. The first kappa shape index (κ1) is 21.3. The van der Waals surface area contributed by atoms with E-state index in [1.807, 2.05) is 20.8 Å². The lowest BCUT2D eigenvalue weighted by Gasteiger charge is -2.26. The SMILES string of the molecule is CCN1C(=O)C(C)(C)COc2cc(NC(=O)COc3ccc(Cl)cc3Cl)ccc21. The van der Waals surface area contributed by atoms with Crippen LogP contribution >= 0.6 is 23.2 Å². The zero-order valence-electron chi connectivity index (χ0n) is 16.4. The van der Waals surface area contributed by atoms with E-state index in [1.54, 1.807) is 41.3 Å². The minimum atomic E-state index is -0.635. The molecule has 154 valence electrons. The monoisotopic (exact) mass is 436 g/mol. The first-order chi connectivity index (χ1) is 13.7. The molecule has 6 nitrogen and oxygen atoms in total. The quantitative estimate of drug-likeness (QED) is 0.731. The molecule has 0 fully saturated rings. The van der Waals surface area contributed by atoms with E-state index in [-0.39, 0.29) is 25.0 Å². The zero-order chi connectivity index (χ0) is 21.2. The molecule has 0 radical (unpaired) electrons. The maximum absolute atomic E-state index is 12.7. The molecule has 2 aromatic rings. The summed E-state index contributed by atoms with van der Waals surface area (Å²) in [6.07, 6.45) is 0. The maximum Gasteiger partial charge on any atom is 0.262 e. The van der Waals surface area contributed by atoms with Crippen LogP contribution in [0.5, 0.6) is 11.5 Å². The van der Waals surface area contributed by atoms with Crippen LogP contribution in [0.25, 0.3) is 0 Å². The van der Waals surface area contributed by atoms with Crippen LogP contribution in [0.2, 0.25) is 10.0 Å². The van der Waals surface area contributed by atoms with E-state index in [9.17, 15) is 9.59 Å². The molecule has 0 saturated carbocycles. The molecule has 0 atom stereocenters. The Morgan fingerprint density at radius 1 is 1.24 bits per heavy atom. The molecule has 29 heavy (non-hydrogen) atoms. The van der Waals surface area contributed by atoms with E-state index in [1.165, 1.54) is 0 Å². The summed E-state index contributed by atoms with van der Waals surface area (Å²) < 4.78 is 11.3. The number of rotatable bonds is 5. The van der Waals surface area contributed by atoms with Gasteiger partial charge in [-0.05, 0) is 51.1 Å². The van der Waals surface area contributed by atoms with Crippen LogP contribution in [0.1, 0.15) is 20.8 Å². The van der Waals surface area contributed by atoms with Gasteiger partial charge in [0.1, 0.15) is 18.1 Å². The highest BCUT2D eigenvalue weighted by Crippen LogP contribution is 2.38. The molecule has 0 bridgehead atoms. The summed E-state index contributed by atoms with van der Waals surface area (Å²) in [6, 6.07) is 9.98. The van der Waals surface area contributed by atoms with Crippen molar-refractivity contribution in [2.24, 2.45) is 5.41 Å². The van der Waals surface area contributed by atoms with Crippen molar-refractivity contribution in [1.29, 1.82) is 0 Å². The lowest BCUT2D eigenvalue weighted by atomic mass is 9.93. The topological polar surface area (TPSA) is 67.9 Å². The fraction of sp³-hybridized carbons (Fsp3) is 0.333. The number of amides is 2. The number of hydrogen-bond acceptors (Lipinski definition) is 4. The number of carbonyl (C=O) groups is 2. The number of nitrogens with one attached hydrogen (secondary N) is 1.